The Bertz CT molecular complexity index is 529. The molecule has 0 saturated carbocycles. The van der Waals surface area contributed by atoms with Crippen LogP contribution >= 0.6 is 0 Å². The van der Waals surface area contributed by atoms with Gasteiger partial charge in [-0.15, -0.1) is 0 Å². The van der Waals surface area contributed by atoms with Crippen molar-refractivity contribution in [2.45, 2.75) is 19.8 Å². The molecule has 0 amide bonds. The molecule has 2 aromatic rings. The Labute approximate surface area is 115 Å². The summed E-state index contributed by atoms with van der Waals surface area (Å²) in [6.07, 6.45) is 2.43. The normalized spacial score (nSPS) is 14.1. The highest BCUT2D eigenvalue weighted by atomic mass is 15.3. The molecule has 0 saturated heterocycles. The third-order valence-electron chi connectivity index (χ3n) is 3.80. The van der Waals surface area contributed by atoms with Crippen LogP contribution in [0.1, 0.15) is 19.8 Å². The topological polar surface area (TPSA) is 9.14 Å². The molecule has 0 spiro atoms. The van der Waals surface area contributed by atoms with Crippen LogP contribution in [0.3, 0.4) is 0 Å². The number of nitrogens with zero attached hydrogens (tertiary/aromatic N) is 2. The van der Waals surface area contributed by atoms with Crippen LogP contribution in [0.25, 0.3) is 0 Å². The zero-order valence-corrected chi connectivity index (χ0v) is 11.6. The number of hydrogen-bond acceptors (Lipinski definition) is 2. The highest BCUT2D eigenvalue weighted by Crippen LogP contribution is 2.46. The zero-order valence-electron chi connectivity index (χ0n) is 11.6. The van der Waals surface area contributed by atoms with Crippen molar-refractivity contribution in [1.29, 1.82) is 0 Å². The second-order valence-electron chi connectivity index (χ2n) is 5.04. The maximum atomic E-state index is 2.45. The van der Waals surface area contributed by atoms with E-state index in [2.05, 4.69) is 72.3 Å². The fourth-order valence-corrected chi connectivity index (χ4v) is 2.77. The number of anilines is 4. The van der Waals surface area contributed by atoms with Gasteiger partial charge in [0, 0.05) is 18.7 Å². The molecule has 0 fully saturated rings. The molecule has 19 heavy (non-hydrogen) atoms. The number of benzene rings is 2. The number of rotatable bonds is 3. The third-order valence-corrected chi connectivity index (χ3v) is 3.80. The average molecular weight is 252 g/mol. The third kappa shape index (κ3) is 2.02. The van der Waals surface area contributed by atoms with E-state index in [1.54, 1.807) is 0 Å². The molecule has 0 aromatic heterocycles. The van der Waals surface area contributed by atoms with E-state index in [1.165, 1.54) is 35.6 Å². The van der Waals surface area contributed by atoms with Crippen LogP contribution in [0, 0.1) is 0 Å². The largest absolute Gasteiger partial charge is 0.331 e. The summed E-state index contributed by atoms with van der Waals surface area (Å²) in [5.74, 6) is 0. The van der Waals surface area contributed by atoms with Gasteiger partial charge in [0.05, 0.1) is 0 Å². The van der Waals surface area contributed by atoms with Crippen LogP contribution in [-0.4, -0.2) is 13.6 Å². The standard InChI is InChI=1S/C17H20N2/c1-3-4-13-19-16-11-7-5-9-14(16)18(2)15-10-6-8-12-17(15)19/h5-12H,3-4,13H2,1-2H3/q+1. The van der Waals surface area contributed by atoms with E-state index < -0.39 is 0 Å². The van der Waals surface area contributed by atoms with Crippen molar-refractivity contribution in [2.24, 2.45) is 0 Å². The van der Waals surface area contributed by atoms with E-state index in [-0.39, 0.29) is 0 Å². The minimum atomic E-state index is 1.08. The minimum absolute atomic E-state index is 1.08. The predicted octanol–water partition coefficient (Wildman–Crippen LogP) is 4.67. The Morgan fingerprint density at radius 2 is 1.42 bits per heavy atom. The molecule has 1 heterocycles. The summed E-state index contributed by atoms with van der Waals surface area (Å²) in [5, 5.41) is 0. The van der Waals surface area contributed by atoms with E-state index in [0.29, 0.717) is 0 Å². The monoisotopic (exact) mass is 252 g/mol. The summed E-state index contributed by atoms with van der Waals surface area (Å²) in [6, 6.07) is 17.3. The smallest absolute Gasteiger partial charge is 0.210 e. The number of para-hydroxylation sites is 4. The van der Waals surface area contributed by atoms with Crippen LogP contribution in [0.4, 0.5) is 22.7 Å². The molecule has 2 aromatic carbocycles. The minimum Gasteiger partial charge on any atom is -0.331 e. The highest BCUT2D eigenvalue weighted by Gasteiger charge is 2.33. The van der Waals surface area contributed by atoms with Gasteiger partial charge in [-0.3, -0.25) is 0 Å². The predicted molar refractivity (Wildman–Crippen MR) is 82.2 cm³/mol. The number of fused-ring (bicyclic) bond motifs is 2. The van der Waals surface area contributed by atoms with Gasteiger partial charge in [-0.05, 0) is 18.6 Å². The van der Waals surface area contributed by atoms with Gasteiger partial charge >= 0.3 is 0 Å². The second kappa shape index (κ2) is 5.06. The SMILES string of the molecule is CCCCN1c2ccccc2[N+](C)c2ccccc21. The lowest BCUT2D eigenvalue weighted by molar-refractivity contribution is 0.754. The van der Waals surface area contributed by atoms with Crippen molar-refractivity contribution >= 4 is 22.7 Å². The van der Waals surface area contributed by atoms with Gasteiger partial charge in [-0.1, -0.05) is 42.5 Å². The van der Waals surface area contributed by atoms with Gasteiger partial charge in [0.2, 0.25) is 11.4 Å². The molecule has 1 radical (unpaired) electrons. The molecule has 0 bridgehead atoms. The van der Waals surface area contributed by atoms with Crippen LogP contribution in [-0.2, 0) is 0 Å². The first-order valence-corrected chi connectivity index (χ1v) is 7.02. The first kappa shape index (κ1) is 12.2. The van der Waals surface area contributed by atoms with E-state index in [9.17, 15) is 0 Å². The maximum absolute atomic E-state index is 2.45. The van der Waals surface area contributed by atoms with Crippen LogP contribution in [0.2, 0.25) is 0 Å². The van der Waals surface area contributed by atoms with Crippen molar-refractivity contribution in [1.82, 2.24) is 4.90 Å². The van der Waals surface area contributed by atoms with Crippen molar-refractivity contribution in [2.75, 3.05) is 18.5 Å². The van der Waals surface area contributed by atoms with Crippen molar-refractivity contribution < 1.29 is 0 Å². The summed E-state index contributed by atoms with van der Waals surface area (Å²) in [7, 11) is 2.15. The molecular weight excluding hydrogens is 232 g/mol. The molecule has 2 heteroatoms. The molecule has 0 aliphatic carbocycles. The summed E-state index contributed by atoms with van der Waals surface area (Å²) < 4.78 is 0. The van der Waals surface area contributed by atoms with Crippen molar-refractivity contribution in [3.63, 3.8) is 0 Å². The van der Waals surface area contributed by atoms with Gasteiger partial charge in [0.15, 0.2) is 0 Å². The maximum Gasteiger partial charge on any atom is 0.210 e. The molecule has 0 atom stereocenters. The summed E-state index contributed by atoms with van der Waals surface area (Å²) in [5.41, 5.74) is 5.21. The lowest BCUT2D eigenvalue weighted by Gasteiger charge is -2.31. The Morgan fingerprint density at radius 1 is 0.895 bits per heavy atom. The lowest BCUT2D eigenvalue weighted by atomic mass is 10.1. The van der Waals surface area contributed by atoms with Crippen LogP contribution < -0.4 is 9.80 Å². The highest BCUT2D eigenvalue weighted by molar-refractivity contribution is 5.87. The van der Waals surface area contributed by atoms with E-state index >= 15 is 0 Å². The van der Waals surface area contributed by atoms with Gasteiger partial charge in [0.1, 0.15) is 18.4 Å². The van der Waals surface area contributed by atoms with Crippen LogP contribution in [0.5, 0.6) is 0 Å². The lowest BCUT2D eigenvalue weighted by Crippen LogP contribution is -2.28. The molecule has 0 N–H and O–H groups in total. The second-order valence-corrected chi connectivity index (χ2v) is 5.04. The molecule has 1 aliphatic rings. The first-order valence-electron chi connectivity index (χ1n) is 7.02. The molecule has 2 nitrogen and oxygen atoms in total. The van der Waals surface area contributed by atoms with Gasteiger partial charge in [0.25, 0.3) is 0 Å². The van der Waals surface area contributed by atoms with Gasteiger partial charge < -0.3 is 4.90 Å². The summed E-state index contributed by atoms with van der Waals surface area (Å²) in [4.78, 5) is 4.74. The fourth-order valence-electron chi connectivity index (χ4n) is 2.77. The molecule has 97 valence electrons. The first-order chi connectivity index (χ1) is 9.33. The van der Waals surface area contributed by atoms with E-state index in [1.807, 2.05) is 0 Å². The number of hydrogen-bond donors (Lipinski definition) is 0. The molecule has 0 unspecified atom stereocenters. The Balaban J connectivity index is 2.12. The average Bonchev–Trinajstić information content (AvgIpc) is 2.47. The quantitative estimate of drug-likeness (QED) is 0.721. The van der Waals surface area contributed by atoms with Gasteiger partial charge in [-0.25, -0.2) is 0 Å². The number of unbranched alkanes of at least 4 members (excludes halogenated alkanes) is 1. The Morgan fingerprint density at radius 3 is 1.95 bits per heavy atom. The molecule has 3 rings (SSSR count). The van der Waals surface area contributed by atoms with E-state index in [0.717, 1.165) is 6.54 Å². The fraction of sp³-hybridized carbons (Fsp3) is 0.294. The molecule has 1 aliphatic heterocycles. The summed E-state index contributed by atoms with van der Waals surface area (Å²) in [6.45, 7) is 3.33. The summed E-state index contributed by atoms with van der Waals surface area (Å²) >= 11 is 0. The van der Waals surface area contributed by atoms with E-state index in [4.69, 9.17) is 0 Å². The van der Waals surface area contributed by atoms with Crippen molar-refractivity contribution in [3.8, 4) is 0 Å². The van der Waals surface area contributed by atoms with Gasteiger partial charge in [-0.2, -0.15) is 0 Å². The Hall–Kier alpha value is -1.80. The Kier molecular flexibility index (Phi) is 3.26. The van der Waals surface area contributed by atoms with Crippen LogP contribution in [0.15, 0.2) is 48.5 Å². The van der Waals surface area contributed by atoms with Crippen molar-refractivity contribution in [3.05, 3.63) is 48.5 Å². The molecular formula is C17H20N2+. The zero-order chi connectivity index (χ0) is 13.2.